The maximum absolute atomic E-state index is 4.86. The third kappa shape index (κ3) is 3.24. The van der Waals surface area contributed by atoms with E-state index in [0.29, 0.717) is 18.5 Å². The van der Waals surface area contributed by atoms with Crippen LogP contribution < -0.4 is 0 Å². The molecule has 0 radical (unpaired) electrons. The van der Waals surface area contributed by atoms with Gasteiger partial charge in [-0.1, -0.05) is 42.0 Å². The minimum Gasteiger partial charge on any atom is -0.273 e. The zero-order chi connectivity index (χ0) is 18.2. The van der Waals surface area contributed by atoms with E-state index >= 15 is 0 Å². The van der Waals surface area contributed by atoms with Crippen molar-refractivity contribution in [2.45, 2.75) is 32.5 Å². The Bertz CT molecular complexity index is 1030. The Hall–Kier alpha value is -2.64. The van der Waals surface area contributed by atoms with Gasteiger partial charge in [-0.05, 0) is 37.1 Å². The van der Waals surface area contributed by atoms with E-state index in [4.69, 9.17) is 4.98 Å². The molecule has 2 aromatic heterocycles. The molecule has 0 unspecified atom stereocenters. The second kappa shape index (κ2) is 6.83. The fourth-order valence-electron chi connectivity index (χ4n) is 3.59. The summed E-state index contributed by atoms with van der Waals surface area (Å²) in [6, 6.07) is 16.9. The fraction of sp³-hybridized carbons (Fsp3) is 0.300. The van der Waals surface area contributed by atoms with Gasteiger partial charge in [0, 0.05) is 12.1 Å². The molecule has 5 rings (SSSR count). The van der Waals surface area contributed by atoms with Crippen molar-refractivity contribution in [3.63, 3.8) is 0 Å². The van der Waals surface area contributed by atoms with Crippen LogP contribution in [0.25, 0.3) is 21.6 Å². The Kier molecular flexibility index (Phi) is 4.18. The number of likely N-dealkylation sites (tertiary alicyclic amines) is 1. The average Bonchev–Trinajstić information content (AvgIpc) is 3.41. The standard InChI is InChI=1S/C20H20N6S/c1-14-8-10-15(11-9-14)19-22-24-26(23-19)13-25-12-4-6-17(25)20-21-16-5-2-3-7-18(16)27-20/h2-3,5,7-11,17H,4,6,12-13H2,1H3/t17-/m0/s1. The summed E-state index contributed by atoms with van der Waals surface area (Å²) in [6.07, 6.45) is 2.29. The first kappa shape index (κ1) is 16.5. The molecule has 1 aliphatic heterocycles. The normalized spacial score (nSPS) is 17.7. The number of para-hydroxylation sites is 1. The van der Waals surface area contributed by atoms with Crippen LogP contribution in [0.4, 0.5) is 0 Å². The van der Waals surface area contributed by atoms with Crippen LogP contribution in [0.3, 0.4) is 0 Å². The Morgan fingerprint density at radius 1 is 1.11 bits per heavy atom. The number of aryl methyl sites for hydroxylation is 1. The summed E-state index contributed by atoms with van der Waals surface area (Å²) in [6.45, 7) is 3.74. The van der Waals surface area contributed by atoms with Crippen molar-refractivity contribution < 1.29 is 0 Å². The van der Waals surface area contributed by atoms with Crippen LogP contribution in [0.15, 0.2) is 48.5 Å². The Morgan fingerprint density at radius 3 is 2.81 bits per heavy atom. The molecule has 0 bridgehead atoms. The second-order valence-corrected chi connectivity index (χ2v) is 8.05. The lowest BCUT2D eigenvalue weighted by Gasteiger charge is -2.21. The maximum Gasteiger partial charge on any atom is 0.204 e. The molecule has 1 aliphatic rings. The number of benzene rings is 2. The number of thiazole rings is 1. The Morgan fingerprint density at radius 2 is 1.96 bits per heavy atom. The van der Waals surface area contributed by atoms with Crippen LogP contribution in [0.5, 0.6) is 0 Å². The maximum atomic E-state index is 4.86. The Balaban J connectivity index is 1.36. The summed E-state index contributed by atoms with van der Waals surface area (Å²) in [5.74, 6) is 0.672. The van der Waals surface area contributed by atoms with Gasteiger partial charge < -0.3 is 0 Å². The van der Waals surface area contributed by atoms with Crippen LogP contribution in [-0.4, -0.2) is 36.6 Å². The Labute approximate surface area is 161 Å². The number of rotatable bonds is 4. The summed E-state index contributed by atoms with van der Waals surface area (Å²) in [4.78, 5) is 8.96. The fourth-order valence-corrected chi connectivity index (χ4v) is 4.73. The van der Waals surface area contributed by atoms with Gasteiger partial charge >= 0.3 is 0 Å². The average molecular weight is 376 g/mol. The first-order valence-electron chi connectivity index (χ1n) is 9.21. The van der Waals surface area contributed by atoms with Crippen LogP contribution in [0.1, 0.15) is 29.5 Å². The molecule has 0 amide bonds. The first-order valence-corrected chi connectivity index (χ1v) is 10.0. The molecule has 0 spiro atoms. The minimum atomic E-state index is 0.330. The van der Waals surface area contributed by atoms with Gasteiger partial charge in [-0.2, -0.15) is 0 Å². The van der Waals surface area contributed by atoms with Crippen LogP contribution in [0.2, 0.25) is 0 Å². The second-order valence-electron chi connectivity index (χ2n) is 6.98. The molecule has 2 aromatic carbocycles. The molecule has 3 heterocycles. The monoisotopic (exact) mass is 376 g/mol. The van der Waals surface area contributed by atoms with Gasteiger partial charge in [0.1, 0.15) is 11.7 Å². The molecule has 0 saturated carbocycles. The van der Waals surface area contributed by atoms with Gasteiger partial charge in [0.15, 0.2) is 0 Å². The van der Waals surface area contributed by atoms with Gasteiger partial charge in [0.2, 0.25) is 5.82 Å². The van der Waals surface area contributed by atoms with Crippen molar-refractivity contribution in [2.75, 3.05) is 6.54 Å². The lowest BCUT2D eigenvalue weighted by Crippen LogP contribution is -2.27. The summed E-state index contributed by atoms with van der Waals surface area (Å²) in [5.41, 5.74) is 3.31. The van der Waals surface area contributed by atoms with Crippen molar-refractivity contribution in [1.29, 1.82) is 0 Å². The highest BCUT2D eigenvalue weighted by atomic mass is 32.1. The van der Waals surface area contributed by atoms with Crippen molar-refractivity contribution >= 4 is 21.6 Å². The van der Waals surface area contributed by atoms with E-state index in [1.54, 1.807) is 16.1 Å². The molecular weight excluding hydrogens is 356 g/mol. The molecule has 1 fully saturated rings. The van der Waals surface area contributed by atoms with Gasteiger partial charge in [-0.3, -0.25) is 4.90 Å². The number of hydrogen-bond acceptors (Lipinski definition) is 6. The lowest BCUT2D eigenvalue weighted by atomic mass is 10.1. The van der Waals surface area contributed by atoms with Gasteiger partial charge in [0.25, 0.3) is 0 Å². The molecule has 7 heteroatoms. The summed E-state index contributed by atoms with van der Waals surface area (Å²) in [5, 5.41) is 14.3. The largest absolute Gasteiger partial charge is 0.273 e. The van der Waals surface area contributed by atoms with Crippen LogP contribution in [0, 0.1) is 6.92 Å². The van der Waals surface area contributed by atoms with Crippen LogP contribution in [-0.2, 0) is 6.67 Å². The van der Waals surface area contributed by atoms with Gasteiger partial charge in [0.05, 0.1) is 16.3 Å². The van der Waals surface area contributed by atoms with E-state index in [0.717, 1.165) is 24.0 Å². The van der Waals surface area contributed by atoms with E-state index in [2.05, 4.69) is 57.6 Å². The molecule has 136 valence electrons. The van der Waals surface area contributed by atoms with Gasteiger partial charge in [-0.25, -0.2) is 4.98 Å². The molecule has 0 N–H and O–H groups in total. The van der Waals surface area contributed by atoms with E-state index in [9.17, 15) is 0 Å². The summed E-state index contributed by atoms with van der Waals surface area (Å²) in [7, 11) is 0. The third-order valence-corrected chi connectivity index (χ3v) is 6.17. The highest BCUT2D eigenvalue weighted by molar-refractivity contribution is 7.18. The zero-order valence-electron chi connectivity index (χ0n) is 15.1. The predicted molar refractivity (Wildman–Crippen MR) is 106 cm³/mol. The molecule has 0 aliphatic carbocycles. The highest BCUT2D eigenvalue weighted by Gasteiger charge is 2.29. The van der Waals surface area contributed by atoms with E-state index < -0.39 is 0 Å². The number of fused-ring (bicyclic) bond motifs is 1. The van der Waals surface area contributed by atoms with Crippen molar-refractivity contribution in [3.8, 4) is 11.4 Å². The van der Waals surface area contributed by atoms with Gasteiger partial charge in [-0.15, -0.1) is 26.3 Å². The third-order valence-electron chi connectivity index (χ3n) is 5.03. The molecule has 6 nitrogen and oxygen atoms in total. The van der Waals surface area contributed by atoms with Crippen molar-refractivity contribution in [1.82, 2.24) is 30.1 Å². The first-order chi connectivity index (χ1) is 13.3. The van der Waals surface area contributed by atoms with Crippen molar-refractivity contribution in [2.24, 2.45) is 0 Å². The van der Waals surface area contributed by atoms with E-state index in [1.165, 1.54) is 21.7 Å². The van der Waals surface area contributed by atoms with Crippen LogP contribution >= 0.6 is 11.3 Å². The van der Waals surface area contributed by atoms with E-state index in [1.807, 2.05) is 18.2 Å². The number of hydrogen-bond donors (Lipinski definition) is 0. The highest BCUT2D eigenvalue weighted by Crippen LogP contribution is 2.36. The number of tetrazole rings is 1. The molecule has 1 atom stereocenters. The topological polar surface area (TPSA) is 59.7 Å². The minimum absolute atomic E-state index is 0.330. The smallest absolute Gasteiger partial charge is 0.204 e. The predicted octanol–water partition coefficient (Wildman–Crippen LogP) is 4.05. The number of aromatic nitrogens is 5. The SMILES string of the molecule is Cc1ccc(-c2nnn(CN3CCC[C@H]3c3nc4ccccc4s3)n2)cc1. The molecule has 4 aromatic rings. The number of nitrogens with zero attached hydrogens (tertiary/aromatic N) is 6. The zero-order valence-corrected chi connectivity index (χ0v) is 15.9. The van der Waals surface area contributed by atoms with E-state index in [-0.39, 0.29) is 0 Å². The lowest BCUT2D eigenvalue weighted by molar-refractivity contribution is 0.177. The summed E-state index contributed by atoms with van der Waals surface area (Å²) >= 11 is 1.79. The molecular formula is C20H20N6S. The quantitative estimate of drug-likeness (QED) is 0.538. The molecule has 1 saturated heterocycles. The van der Waals surface area contributed by atoms with Crippen molar-refractivity contribution in [3.05, 3.63) is 59.1 Å². The summed E-state index contributed by atoms with van der Waals surface area (Å²) < 4.78 is 1.25. The molecule has 27 heavy (non-hydrogen) atoms.